The van der Waals surface area contributed by atoms with Gasteiger partial charge in [0.15, 0.2) is 0 Å². The lowest BCUT2D eigenvalue weighted by Gasteiger charge is -2.31. The monoisotopic (exact) mass is 251 g/mol. The van der Waals surface area contributed by atoms with E-state index in [1.54, 1.807) is 17.1 Å². The minimum Gasteiger partial charge on any atom is -0.481 e. The number of carbonyl (C=O) groups excluding carboxylic acids is 1. The van der Waals surface area contributed by atoms with E-state index >= 15 is 0 Å². The molecule has 4 nitrogen and oxygen atoms in total. The van der Waals surface area contributed by atoms with Crippen LogP contribution in [0.25, 0.3) is 0 Å². The number of aliphatic carboxylic acids is 1. The summed E-state index contributed by atoms with van der Waals surface area (Å²) in [5.74, 6) is -1.87. The van der Waals surface area contributed by atoms with E-state index in [-0.39, 0.29) is 5.91 Å². The second kappa shape index (κ2) is 6.99. The van der Waals surface area contributed by atoms with Crippen LogP contribution in [0.5, 0.6) is 0 Å². The first-order valence-corrected chi connectivity index (χ1v) is 6.35. The topological polar surface area (TPSA) is 57.6 Å². The largest absolute Gasteiger partial charge is 0.481 e. The molecule has 0 saturated heterocycles. The molecule has 0 unspecified atom stereocenters. The molecule has 0 aromatic heterocycles. The average molecular weight is 251 g/mol. The molecular formula is C14H21NO3. The standard InChI is InChI=1S/C14H21NO3/c1-3-9-15(10-4-2)13(16)11-7-5-6-8-12(11)14(17)18/h3-4,11-12H,1-2,5-10H2,(H,17,18)/t11-,12-/m0/s1. The van der Waals surface area contributed by atoms with Gasteiger partial charge in [0.2, 0.25) is 5.91 Å². The Morgan fingerprint density at radius 1 is 1.11 bits per heavy atom. The quantitative estimate of drug-likeness (QED) is 0.735. The zero-order valence-corrected chi connectivity index (χ0v) is 10.7. The lowest BCUT2D eigenvalue weighted by atomic mass is 9.78. The van der Waals surface area contributed by atoms with Crippen LogP contribution in [0.2, 0.25) is 0 Å². The van der Waals surface area contributed by atoms with Gasteiger partial charge in [-0.2, -0.15) is 0 Å². The number of carbonyl (C=O) groups is 2. The summed E-state index contributed by atoms with van der Waals surface area (Å²) in [5, 5.41) is 9.19. The fraction of sp³-hybridized carbons (Fsp3) is 0.571. The first-order valence-electron chi connectivity index (χ1n) is 6.35. The Labute approximate surface area is 108 Å². The average Bonchev–Trinajstić information content (AvgIpc) is 2.37. The van der Waals surface area contributed by atoms with E-state index < -0.39 is 17.8 Å². The van der Waals surface area contributed by atoms with Crippen molar-refractivity contribution in [3.63, 3.8) is 0 Å². The van der Waals surface area contributed by atoms with Crippen LogP contribution in [0.1, 0.15) is 25.7 Å². The van der Waals surface area contributed by atoms with E-state index in [1.165, 1.54) is 0 Å². The Hall–Kier alpha value is -1.58. The fourth-order valence-electron chi connectivity index (χ4n) is 2.52. The van der Waals surface area contributed by atoms with Gasteiger partial charge in [-0.15, -0.1) is 13.2 Å². The van der Waals surface area contributed by atoms with Gasteiger partial charge in [0.1, 0.15) is 0 Å². The van der Waals surface area contributed by atoms with E-state index in [2.05, 4.69) is 13.2 Å². The summed E-state index contributed by atoms with van der Waals surface area (Å²) in [4.78, 5) is 25.2. The van der Waals surface area contributed by atoms with Crippen LogP contribution < -0.4 is 0 Å². The lowest BCUT2D eigenvalue weighted by molar-refractivity contribution is -0.151. The third-order valence-corrected chi connectivity index (χ3v) is 3.41. The molecule has 2 atom stereocenters. The van der Waals surface area contributed by atoms with Gasteiger partial charge in [0, 0.05) is 13.1 Å². The Balaban J connectivity index is 2.79. The second-order valence-electron chi connectivity index (χ2n) is 4.66. The maximum atomic E-state index is 12.4. The van der Waals surface area contributed by atoms with Crippen molar-refractivity contribution in [2.45, 2.75) is 25.7 Å². The highest BCUT2D eigenvalue weighted by atomic mass is 16.4. The molecule has 1 aliphatic rings. The zero-order chi connectivity index (χ0) is 13.5. The number of amides is 1. The van der Waals surface area contributed by atoms with Gasteiger partial charge < -0.3 is 10.0 Å². The molecule has 0 aromatic rings. The minimum absolute atomic E-state index is 0.0816. The molecule has 1 saturated carbocycles. The number of rotatable bonds is 6. The normalized spacial score (nSPS) is 23.1. The molecule has 0 spiro atoms. The van der Waals surface area contributed by atoms with Crippen LogP contribution in [0.3, 0.4) is 0 Å². The summed E-state index contributed by atoms with van der Waals surface area (Å²) < 4.78 is 0. The van der Waals surface area contributed by atoms with Gasteiger partial charge >= 0.3 is 5.97 Å². The molecule has 100 valence electrons. The van der Waals surface area contributed by atoms with Gasteiger partial charge in [-0.05, 0) is 12.8 Å². The first-order chi connectivity index (χ1) is 8.61. The molecule has 1 fully saturated rings. The fourth-order valence-corrected chi connectivity index (χ4v) is 2.52. The number of nitrogens with zero attached hydrogens (tertiary/aromatic N) is 1. The SMILES string of the molecule is C=CCN(CC=C)C(=O)[C@H]1CCCC[C@@H]1C(=O)O. The summed E-state index contributed by atoms with van der Waals surface area (Å²) in [6, 6.07) is 0. The van der Waals surface area contributed by atoms with Crippen LogP contribution in [0.15, 0.2) is 25.3 Å². The molecule has 4 heteroatoms. The Kier molecular flexibility index (Phi) is 5.62. The van der Waals surface area contributed by atoms with Gasteiger partial charge in [0.25, 0.3) is 0 Å². The number of carboxylic acid groups (broad SMARTS) is 1. The summed E-state index contributed by atoms with van der Waals surface area (Å²) in [6.45, 7) is 8.12. The van der Waals surface area contributed by atoms with Crippen molar-refractivity contribution in [3.05, 3.63) is 25.3 Å². The van der Waals surface area contributed by atoms with E-state index in [0.717, 1.165) is 12.8 Å². The summed E-state index contributed by atoms with van der Waals surface area (Å²) >= 11 is 0. The van der Waals surface area contributed by atoms with Gasteiger partial charge in [0.05, 0.1) is 11.8 Å². The van der Waals surface area contributed by atoms with Crippen LogP contribution in [-0.4, -0.2) is 35.0 Å². The van der Waals surface area contributed by atoms with Crippen molar-refractivity contribution in [1.82, 2.24) is 4.90 Å². The summed E-state index contributed by atoms with van der Waals surface area (Å²) in [7, 11) is 0. The van der Waals surface area contributed by atoms with Crippen molar-refractivity contribution in [2.75, 3.05) is 13.1 Å². The van der Waals surface area contributed by atoms with Crippen LogP contribution in [-0.2, 0) is 9.59 Å². The van der Waals surface area contributed by atoms with Gasteiger partial charge in [-0.25, -0.2) is 0 Å². The molecule has 1 aliphatic carbocycles. The van der Waals surface area contributed by atoms with Crippen LogP contribution in [0.4, 0.5) is 0 Å². The second-order valence-corrected chi connectivity index (χ2v) is 4.66. The molecular weight excluding hydrogens is 230 g/mol. The van der Waals surface area contributed by atoms with Crippen molar-refractivity contribution >= 4 is 11.9 Å². The Bertz CT molecular complexity index is 328. The highest BCUT2D eigenvalue weighted by molar-refractivity contribution is 5.85. The van der Waals surface area contributed by atoms with Crippen molar-refractivity contribution < 1.29 is 14.7 Å². The number of carboxylic acids is 1. The molecule has 1 N–H and O–H groups in total. The third-order valence-electron chi connectivity index (χ3n) is 3.41. The minimum atomic E-state index is -0.856. The predicted molar refractivity (Wildman–Crippen MR) is 70.1 cm³/mol. The molecule has 1 rings (SSSR count). The van der Waals surface area contributed by atoms with E-state index in [9.17, 15) is 14.7 Å². The highest BCUT2D eigenvalue weighted by Crippen LogP contribution is 2.31. The molecule has 0 aromatic carbocycles. The first kappa shape index (κ1) is 14.5. The van der Waals surface area contributed by atoms with Crippen molar-refractivity contribution in [3.8, 4) is 0 Å². The smallest absolute Gasteiger partial charge is 0.307 e. The molecule has 0 heterocycles. The summed E-state index contributed by atoms with van der Waals surface area (Å²) in [5.41, 5.74) is 0. The maximum Gasteiger partial charge on any atom is 0.307 e. The Morgan fingerprint density at radius 2 is 1.61 bits per heavy atom. The lowest BCUT2D eigenvalue weighted by Crippen LogP contribution is -2.42. The molecule has 1 amide bonds. The van der Waals surface area contributed by atoms with Crippen molar-refractivity contribution in [2.24, 2.45) is 11.8 Å². The molecule has 0 bridgehead atoms. The van der Waals surface area contributed by atoms with E-state index in [4.69, 9.17) is 0 Å². The van der Waals surface area contributed by atoms with Crippen LogP contribution >= 0.6 is 0 Å². The third kappa shape index (κ3) is 3.45. The molecule has 18 heavy (non-hydrogen) atoms. The molecule has 0 radical (unpaired) electrons. The number of hydrogen-bond donors (Lipinski definition) is 1. The van der Waals surface area contributed by atoms with Crippen LogP contribution in [0, 0.1) is 11.8 Å². The summed E-state index contributed by atoms with van der Waals surface area (Å²) in [6.07, 6.45) is 6.39. The van der Waals surface area contributed by atoms with Gasteiger partial charge in [-0.3, -0.25) is 9.59 Å². The van der Waals surface area contributed by atoms with E-state index in [1.807, 2.05) is 0 Å². The van der Waals surface area contributed by atoms with E-state index in [0.29, 0.717) is 25.9 Å². The molecule has 0 aliphatic heterocycles. The predicted octanol–water partition coefficient (Wildman–Crippen LogP) is 2.08. The maximum absolute atomic E-state index is 12.4. The zero-order valence-electron chi connectivity index (χ0n) is 10.7. The Morgan fingerprint density at radius 3 is 2.06 bits per heavy atom. The van der Waals surface area contributed by atoms with Crippen molar-refractivity contribution in [1.29, 1.82) is 0 Å². The number of hydrogen-bond acceptors (Lipinski definition) is 2. The van der Waals surface area contributed by atoms with Gasteiger partial charge in [-0.1, -0.05) is 25.0 Å². The highest BCUT2D eigenvalue weighted by Gasteiger charge is 2.37.